The third-order valence-electron chi connectivity index (χ3n) is 2.05. The zero-order chi connectivity index (χ0) is 9.83. The van der Waals surface area contributed by atoms with E-state index in [0.717, 1.165) is 0 Å². The molecule has 1 heteroatoms. The summed E-state index contributed by atoms with van der Waals surface area (Å²) in [6.07, 6.45) is 3.86. The fourth-order valence-corrected chi connectivity index (χ4v) is 1.67. The molecule has 0 atom stereocenters. The largest absolute Gasteiger partial charge is 0.307 e. The van der Waals surface area contributed by atoms with E-state index in [1.54, 1.807) is 0 Å². The van der Waals surface area contributed by atoms with Crippen LogP contribution in [0.15, 0.2) is 0 Å². The van der Waals surface area contributed by atoms with Gasteiger partial charge in [-0.3, -0.25) is 0 Å². The fourth-order valence-electron chi connectivity index (χ4n) is 1.67. The molecule has 1 aliphatic heterocycles. The molecule has 0 amide bonds. The van der Waals surface area contributed by atoms with Gasteiger partial charge in [0, 0.05) is 11.1 Å². The number of hydrogen-bond acceptors (Lipinski definition) is 1. The van der Waals surface area contributed by atoms with Gasteiger partial charge in [-0.1, -0.05) is 20.3 Å². The van der Waals surface area contributed by atoms with E-state index in [9.17, 15) is 0 Å². The Bertz CT molecular complexity index is 111. The second-order valence-electron chi connectivity index (χ2n) is 5.10. The molecule has 1 fully saturated rings. The fraction of sp³-hybridized carbons (Fsp3) is 1.00. The van der Waals surface area contributed by atoms with Crippen LogP contribution in [0.5, 0.6) is 0 Å². The summed E-state index contributed by atoms with van der Waals surface area (Å²) in [4.78, 5) is 0. The quantitative estimate of drug-likeness (QED) is 0.589. The summed E-state index contributed by atoms with van der Waals surface area (Å²) >= 11 is 0. The van der Waals surface area contributed by atoms with Crippen LogP contribution in [-0.2, 0) is 0 Å². The number of hydrogen-bond donors (Lipinski definition) is 1. The first kappa shape index (κ1) is 12.0. The van der Waals surface area contributed by atoms with E-state index in [1.807, 2.05) is 0 Å². The summed E-state index contributed by atoms with van der Waals surface area (Å²) in [6, 6.07) is 0. The van der Waals surface area contributed by atoms with Crippen molar-refractivity contribution in [1.82, 2.24) is 5.32 Å². The molecule has 1 nitrogen and oxygen atoms in total. The molecule has 0 aromatic heterocycles. The molecule has 1 rings (SSSR count). The molecule has 0 spiro atoms. The monoisotopic (exact) mass is 171 g/mol. The molecule has 1 aliphatic rings. The van der Waals surface area contributed by atoms with Crippen LogP contribution in [0.2, 0.25) is 0 Å². The van der Waals surface area contributed by atoms with Gasteiger partial charge in [-0.25, -0.2) is 0 Å². The minimum Gasteiger partial charge on any atom is -0.307 e. The highest BCUT2D eigenvalue weighted by atomic mass is 15.1. The third kappa shape index (κ3) is 4.76. The predicted octanol–water partition coefficient (Wildman–Crippen LogP) is 3.34. The lowest BCUT2D eigenvalue weighted by molar-refractivity contribution is 0.369. The highest BCUT2D eigenvalue weighted by Crippen LogP contribution is 2.29. The minimum absolute atomic E-state index is 0.378. The van der Waals surface area contributed by atoms with Gasteiger partial charge in [0.2, 0.25) is 0 Å². The van der Waals surface area contributed by atoms with Gasteiger partial charge in [0.1, 0.15) is 0 Å². The Morgan fingerprint density at radius 1 is 0.917 bits per heavy atom. The molecule has 0 bridgehead atoms. The summed E-state index contributed by atoms with van der Waals surface area (Å²) in [7, 11) is 0. The standard InChI is InChI=1S/C8H17N.C3H8/c1-7(2)5-6-8(3,4)9-7;1-3-2/h9H,5-6H2,1-4H3;3H2,1-2H3. The van der Waals surface area contributed by atoms with Crippen molar-refractivity contribution in [2.75, 3.05) is 0 Å². The highest BCUT2D eigenvalue weighted by molar-refractivity contribution is 4.96. The van der Waals surface area contributed by atoms with Crippen LogP contribution >= 0.6 is 0 Å². The van der Waals surface area contributed by atoms with Gasteiger partial charge < -0.3 is 5.32 Å². The Labute approximate surface area is 77.9 Å². The molecule has 74 valence electrons. The van der Waals surface area contributed by atoms with Gasteiger partial charge >= 0.3 is 0 Å². The maximum absolute atomic E-state index is 3.57. The van der Waals surface area contributed by atoms with Crippen LogP contribution in [0.1, 0.15) is 60.8 Å². The summed E-state index contributed by atoms with van der Waals surface area (Å²) in [5.41, 5.74) is 0.757. The Kier molecular flexibility index (Phi) is 4.25. The first-order chi connectivity index (χ1) is 5.33. The van der Waals surface area contributed by atoms with Crippen LogP contribution in [-0.4, -0.2) is 11.1 Å². The Balaban J connectivity index is 0.000000354. The third-order valence-corrected chi connectivity index (χ3v) is 2.05. The molecule has 1 saturated heterocycles. The van der Waals surface area contributed by atoms with Crippen molar-refractivity contribution < 1.29 is 0 Å². The van der Waals surface area contributed by atoms with E-state index in [-0.39, 0.29) is 0 Å². The molecule has 0 saturated carbocycles. The normalized spacial score (nSPS) is 24.5. The zero-order valence-corrected chi connectivity index (χ0v) is 9.62. The first-order valence-electron chi connectivity index (χ1n) is 5.12. The maximum Gasteiger partial charge on any atom is 0.0130 e. The number of nitrogens with one attached hydrogen (secondary N) is 1. The smallest absolute Gasteiger partial charge is 0.0130 e. The van der Waals surface area contributed by atoms with Gasteiger partial charge in [0.05, 0.1) is 0 Å². The average Bonchev–Trinajstić information content (AvgIpc) is 2.06. The lowest BCUT2D eigenvalue weighted by Gasteiger charge is -2.24. The van der Waals surface area contributed by atoms with E-state index >= 15 is 0 Å². The van der Waals surface area contributed by atoms with Crippen molar-refractivity contribution in [2.45, 2.75) is 71.9 Å². The van der Waals surface area contributed by atoms with Crippen molar-refractivity contribution in [3.05, 3.63) is 0 Å². The SMILES string of the molecule is CC1(C)CCC(C)(C)N1.CCC. The molecule has 0 aliphatic carbocycles. The average molecular weight is 171 g/mol. The molecule has 1 heterocycles. The highest BCUT2D eigenvalue weighted by Gasteiger charge is 2.34. The predicted molar refractivity (Wildman–Crippen MR) is 56.5 cm³/mol. The van der Waals surface area contributed by atoms with Crippen LogP contribution in [0.3, 0.4) is 0 Å². The van der Waals surface area contributed by atoms with E-state index in [0.29, 0.717) is 11.1 Å². The molecule has 0 aromatic rings. The van der Waals surface area contributed by atoms with Crippen molar-refractivity contribution in [3.8, 4) is 0 Å². The Morgan fingerprint density at radius 3 is 1.25 bits per heavy atom. The minimum atomic E-state index is 0.378. The summed E-state index contributed by atoms with van der Waals surface area (Å²) in [5.74, 6) is 0. The van der Waals surface area contributed by atoms with Gasteiger partial charge in [-0.2, -0.15) is 0 Å². The van der Waals surface area contributed by atoms with Crippen LogP contribution in [0, 0.1) is 0 Å². The van der Waals surface area contributed by atoms with Gasteiger partial charge in [0.15, 0.2) is 0 Å². The van der Waals surface area contributed by atoms with Gasteiger partial charge in [-0.05, 0) is 40.5 Å². The van der Waals surface area contributed by atoms with Gasteiger partial charge in [0.25, 0.3) is 0 Å². The van der Waals surface area contributed by atoms with Crippen molar-refractivity contribution in [2.24, 2.45) is 0 Å². The van der Waals surface area contributed by atoms with E-state index in [4.69, 9.17) is 0 Å². The molecule has 0 radical (unpaired) electrons. The van der Waals surface area contributed by atoms with Crippen molar-refractivity contribution >= 4 is 0 Å². The molecule has 12 heavy (non-hydrogen) atoms. The zero-order valence-electron chi connectivity index (χ0n) is 9.62. The lowest BCUT2D eigenvalue weighted by Crippen LogP contribution is -2.43. The topological polar surface area (TPSA) is 12.0 Å². The lowest BCUT2D eigenvalue weighted by atomic mass is 10.0. The molecule has 1 N–H and O–H groups in total. The second kappa shape index (κ2) is 4.27. The van der Waals surface area contributed by atoms with E-state index < -0.39 is 0 Å². The van der Waals surface area contributed by atoms with E-state index in [2.05, 4.69) is 46.9 Å². The first-order valence-corrected chi connectivity index (χ1v) is 5.12. The molecule has 0 aromatic carbocycles. The molecular weight excluding hydrogens is 146 g/mol. The van der Waals surface area contributed by atoms with Crippen LogP contribution in [0.4, 0.5) is 0 Å². The molecule has 0 unspecified atom stereocenters. The maximum atomic E-state index is 3.57. The van der Waals surface area contributed by atoms with E-state index in [1.165, 1.54) is 19.3 Å². The second-order valence-corrected chi connectivity index (χ2v) is 5.10. The summed E-state index contributed by atoms with van der Waals surface area (Å²) < 4.78 is 0. The summed E-state index contributed by atoms with van der Waals surface area (Å²) in [6.45, 7) is 13.3. The number of rotatable bonds is 0. The molecular formula is C11H25N. The van der Waals surface area contributed by atoms with Gasteiger partial charge in [-0.15, -0.1) is 0 Å². The summed E-state index contributed by atoms with van der Waals surface area (Å²) in [5, 5.41) is 3.57. The van der Waals surface area contributed by atoms with Crippen LogP contribution < -0.4 is 5.32 Å². The Hall–Kier alpha value is -0.0400. The van der Waals surface area contributed by atoms with Crippen LogP contribution in [0.25, 0.3) is 0 Å². The van der Waals surface area contributed by atoms with Crippen molar-refractivity contribution in [3.63, 3.8) is 0 Å². The Morgan fingerprint density at radius 2 is 1.17 bits per heavy atom. The van der Waals surface area contributed by atoms with Crippen molar-refractivity contribution in [1.29, 1.82) is 0 Å².